The summed E-state index contributed by atoms with van der Waals surface area (Å²) in [4.78, 5) is 22.6. The second kappa shape index (κ2) is 5.98. The second-order valence-corrected chi connectivity index (χ2v) is 7.52. The Labute approximate surface area is 145 Å². The van der Waals surface area contributed by atoms with Gasteiger partial charge in [0.05, 0.1) is 16.3 Å². The number of thioether (sulfide) groups is 1. The van der Waals surface area contributed by atoms with Gasteiger partial charge in [0.15, 0.2) is 5.16 Å². The number of carbonyl (C=O) groups excluding carboxylic acids is 1. The maximum Gasteiger partial charge on any atom is 0.240 e. The van der Waals surface area contributed by atoms with Gasteiger partial charge in [-0.1, -0.05) is 36.0 Å². The highest BCUT2D eigenvalue weighted by Crippen LogP contribution is 2.31. The Morgan fingerprint density at radius 1 is 1.29 bits per heavy atom. The maximum atomic E-state index is 12.8. The number of carbonyl (C=O) groups is 1. The number of anilines is 1. The van der Waals surface area contributed by atoms with Gasteiger partial charge in [-0.25, -0.2) is 4.98 Å². The molecule has 0 aliphatic carbocycles. The number of para-hydroxylation sites is 1. The topological polar surface area (TPSA) is 49.0 Å². The number of aromatic nitrogens is 2. The van der Waals surface area contributed by atoms with Crippen molar-refractivity contribution in [3.8, 4) is 0 Å². The van der Waals surface area contributed by atoms with E-state index in [1.165, 1.54) is 22.9 Å². The molecule has 0 fully saturated rings. The molecule has 3 aromatic rings. The van der Waals surface area contributed by atoms with Crippen LogP contribution in [-0.4, -0.2) is 27.7 Å². The normalized spacial score (nSPS) is 14.8. The molecule has 2 heterocycles. The Morgan fingerprint density at radius 2 is 2.12 bits per heavy atom. The molecule has 0 spiro atoms. The van der Waals surface area contributed by atoms with E-state index in [9.17, 15) is 4.79 Å². The third-order valence-corrected chi connectivity index (χ3v) is 5.38. The van der Waals surface area contributed by atoms with E-state index in [1.807, 2.05) is 42.2 Å². The zero-order valence-corrected chi connectivity index (χ0v) is 14.6. The first-order valence-corrected chi connectivity index (χ1v) is 9.02. The molecular formula is C19H19N3OS. The first-order valence-electron chi connectivity index (χ1n) is 8.14. The summed E-state index contributed by atoms with van der Waals surface area (Å²) in [7, 11) is 0. The van der Waals surface area contributed by atoms with Crippen LogP contribution in [-0.2, 0) is 11.2 Å². The van der Waals surface area contributed by atoms with Crippen molar-refractivity contribution in [1.82, 2.24) is 9.97 Å². The summed E-state index contributed by atoms with van der Waals surface area (Å²) in [6.07, 6.45) is 0.934. The van der Waals surface area contributed by atoms with Crippen LogP contribution in [0.3, 0.4) is 0 Å². The summed E-state index contributed by atoms with van der Waals surface area (Å²) in [6.45, 7) is 4.78. The zero-order valence-electron chi connectivity index (χ0n) is 13.7. The number of H-pyrrole nitrogens is 1. The third kappa shape index (κ3) is 2.69. The third-order valence-electron chi connectivity index (χ3n) is 4.41. The molecule has 0 bridgehead atoms. The van der Waals surface area contributed by atoms with Gasteiger partial charge in [-0.05, 0) is 49.6 Å². The molecule has 1 N–H and O–H groups in total. The van der Waals surface area contributed by atoms with Gasteiger partial charge in [0.1, 0.15) is 0 Å². The van der Waals surface area contributed by atoms with Gasteiger partial charge in [-0.2, -0.15) is 0 Å². The Kier molecular flexibility index (Phi) is 3.81. The van der Waals surface area contributed by atoms with Crippen molar-refractivity contribution >= 4 is 34.4 Å². The number of fused-ring (bicyclic) bond motifs is 2. The van der Waals surface area contributed by atoms with Gasteiger partial charge in [0.2, 0.25) is 5.91 Å². The minimum absolute atomic E-state index is 0.140. The highest BCUT2D eigenvalue weighted by molar-refractivity contribution is 8.00. The number of imidazole rings is 1. The largest absolute Gasteiger partial charge is 0.333 e. The van der Waals surface area contributed by atoms with Crippen LogP contribution in [0.25, 0.3) is 11.0 Å². The summed E-state index contributed by atoms with van der Waals surface area (Å²) in [5.74, 6) is 0.140. The fraction of sp³-hybridized carbons (Fsp3) is 0.263. The number of benzene rings is 2. The van der Waals surface area contributed by atoms with Crippen molar-refractivity contribution in [2.24, 2.45) is 0 Å². The smallest absolute Gasteiger partial charge is 0.240 e. The van der Waals surface area contributed by atoms with Crippen LogP contribution in [0.2, 0.25) is 0 Å². The van der Waals surface area contributed by atoms with Crippen LogP contribution < -0.4 is 4.90 Å². The molecule has 4 nitrogen and oxygen atoms in total. The van der Waals surface area contributed by atoms with Crippen LogP contribution in [0.4, 0.5) is 5.69 Å². The van der Waals surface area contributed by atoms with E-state index in [4.69, 9.17) is 0 Å². The van der Waals surface area contributed by atoms with Crippen molar-refractivity contribution in [3.63, 3.8) is 0 Å². The fourth-order valence-electron chi connectivity index (χ4n) is 3.16. The average molecular weight is 337 g/mol. The molecule has 0 radical (unpaired) electrons. The molecule has 1 unspecified atom stereocenters. The standard InChI is InChI=1S/C19H19N3OS/c1-12-7-8-15-16(11-12)21-19(20-15)24-13(2)18(23)22-10-9-14-5-3-4-6-17(14)22/h3-8,11,13H,9-10H2,1-2H3,(H,20,21). The second-order valence-electron chi connectivity index (χ2n) is 6.19. The SMILES string of the molecule is Cc1ccc2nc(SC(C)C(=O)N3CCc4ccccc43)[nH]c2c1. The number of hydrogen-bond donors (Lipinski definition) is 1. The summed E-state index contributed by atoms with van der Waals surface area (Å²) in [5.41, 5.74) is 5.45. The minimum Gasteiger partial charge on any atom is -0.333 e. The molecule has 2 aromatic carbocycles. The Hall–Kier alpha value is -2.27. The molecule has 1 aliphatic heterocycles. The molecule has 5 heteroatoms. The van der Waals surface area contributed by atoms with Crippen molar-refractivity contribution < 1.29 is 4.79 Å². The van der Waals surface area contributed by atoms with Crippen LogP contribution in [0.5, 0.6) is 0 Å². The minimum atomic E-state index is -0.183. The van der Waals surface area contributed by atoms with Gasteiger partial charge in [0, 0.05) is 12.2 Å². The number of aryl methyl sites for hydroxylation is 1. The van der Waals surface area contributed by atoms with Crippen molar-refractivity contribution in [2.45, 2.75) is 30.7 Å². The molecule has 0 saturated heterocycles. The molecular weight excluding hydrogens is 318 g/mol. The van der Waals surface area contributed by atoms with Crippen molar-refractivity contribution in [2.75, 3.05) is 11.4 Å². The lowest BCUT2D eigenvalue weighted by molar-refractivity contribution is -0.117. The number of nitrogens with one attached hydrogen (secondary N) is 1. The fourth-order valence-corrected chi connectivity index (χ4v) is 4.04. The van der Waals surface area contributed by atoms with E-state index in [-0.39, 0.29) is 11.2 Å². The number of hydrogen-bond acceptors (Lipinski definition) is 3. The van der Waals surface area contributed by atoms with Gasteiger partial charge in [0.25, 0.3) is 0 Å². The van der Waals surface area contributed by atoms with Crippen LogP contribution in [0, 0.1) is 6.92 Å². The lowest BCUT2D eigenvalue weighted by atomic mass is 10.2. The first kappa shape index (κ1) is 15.3. The van der Waals surface area contributed by atoms with Crippen molar-refractivity contribution in [1.29, 1.82) is 0 Å². The van der Waals surface area contributed by atoms with Crippen LogP contribution in [0.15, 0.2) is 47.6 Å². The van der Waals surface area contributed by atoms with Crippen molar-refractivity contribution in [3.05, 3.63) is 53.6 Å². The highest BCUT2D eigenvalue weighted by Gasteiger charge is 2.28. The molecule has 1 aromatic heterocycles. The number of nitrogens with zero attached hydrogens (tertiary/aromatic N) is 2. The van der Waals surface area contributed by atoms with Crippen LogP contribution in [0.1, 0.15) is 18.1 Å². The molecule has 1 atom stereocenters. The van der Waals surface area contributed by atoms with E-state index < -0.39 is 0 Å². The predicted octanol–water partition coefficient (Wildman–Crippen LogP) is 3.94. The lowest BCUT2D eigenvalue weighted by Gasteiger charge is -2.20. The van der Waals surface area contributed by atoms with Gasteiger partial charge in [-0.15, -0.1) is 0 Å². The van der Waals surface area contributed by atoms with Gasteiger partial charge >= 0.3 is 0 Å². The van der Waals surface area contributed by atoms with E-state index >= 15 is 0 Å². The lowest BCUT2D eigenvalue weighted by Crippen LogP contribution is -2.35. The molecule has 24 heavy (non-hydrogen) atoms. The summed E-state index contributed by atoms with van der Waals surface area (Å²) < 4.78 is 0. The Morgan fingerprint density at radius 3 is 3.00 bits per heavy atom. The van der Waals surface area contributed by atoms with E-state index in [0.717, 1.165) is 34.8 Å². The monoisotopic (exact) mass is 337 g/mol. The molecule has 4 rings (SSSR count). The summed E-state index contributed by atoms with van der Waals surface area (Å²) in [6, 6.07) is 14.3. The Bertz CT molecular complexity index is 918. The van der Waals surface area contributed by atoms with Crippen LogP contribution >= 0.6 is 11.8 Å². The number of rotatable bonds is 3. The summed E-state index contributed by atoms with van der Waals surface area (Å²) in [5, 5.41) is 0.613. The quantitative estimate of drug-likeness (QED) is 0.737. The van der Waals surface area contributed by atoms with E-state index in [1.54, 1.807) is 0 Å². The van der Waals surface area contributed by atoms with Gasteiger partial charge < -0.3 is 9.88 Å². The molecule has 0 saturated carbocycles. The molecule has 1 amide bonds. The highest BCUT2D eigenvalue weighted by atomic mass is 32.2. The summed E-state index contributed by atoms with van der Waals surface area (Å²) >= 11 is 1.49. The predicted molar refractivity (Wildman–Crippen MR) is 98.6 cm³/mol. The zero-order chi connectivity index (χ0) is 16.7. The van der Waals surface area contributed by atoms with Gasteiger partial charge in [-0.3, -0.25) is 4.79 Å². The Balaban J connectivity index is 1.53. The average Bonchev–Trinajstić information content (AvgIpc) is 3.17. The molecule has 1 aliphatic rings. The first-order chi connectivity index (χ1) is 11.6. The van der Waals surface area contributed by atoms with E-state index in [0.29, 0.717) is 0 Å². The maximum absolute atomic E-state index is 12.8. The van der Waals surface area contributed by atoms with E-state index in [2.05, 4.69) is 29.0 Å². The number of amides is 1. The molecule has 122 valence electrons. The number of aromatic amines is 1.